The van der Waals surface area contributed by atoms with Crippen molar-refractivity contribution in [1.29, 1.82) is 0 Å². The lowest BCUT2D eigenvalue weighted by atomic mass is 10.0. The second-order valence-corrected chi connectivity index (χ2v) is 7.48. The zero-order valence-corrected chi connectivity index (χ0v) is 17.5. The lowest BCUT2D eigenvalue weighted by Gasteiger charge is -2.08. The Morgan fingerprint density at radius 3 is 1.97 bits per heavy atom. The summed E-state index contributed by atoms with van der Waals surface area (Å²) >= 11 is 0. The standard InChI is InChI=1S/C24H20F6NO2/c1-33-22(32)12-17-2-5-19(18-6-10-21(11-7-18)24(28,29)30)15-31(14-17)13-16-3-8-20(9-4-16)23(25,26)27/h3-11,14-15H,2,12-13H2,1H3/q+1. The molecule has 9 heteroatoms. The summed E-state index contributed by atoms with van der Waals surface area (Å²) in [5, 5.41) is 0. The Morgan fingerprint density at radius 1 is 0.909 bits per heavy atom. The summed E-state index contributed by atoms with van der Waals surface area (Å²) < 4.78 is 83.6. The first-order valence-corrected chi connectivity index (χ1v) is 9.86. The van der Waals surface area contributed by atoms with Crippen molar-refractivity contribution in [3.8, 4) is 0 Å². The minimum atomic E-state index is -4.45. The normalized spacial score (nSPS) is 14.7. The third-order valence-corrected chi connectivity index (χ3v) is 5.03. The van der Waals surface area contributed by atoms with Crippen molar-refractivity contribution in [2.45, 2.75) is 31.7 Å². The molecule has 0 saturated carbocycles. The van der Waals surface area contributed by atoms with Crippen LogP contribution in [0.3, 0.4) is 0 Å². The Balaban J connectivity index is 1.92. The molecule has 33 heavy (non-hydrogen) atoms. The summed E-state index contributed by atoms with van der Waals surface area (Å²) in [5.74, 6) is -0.456. The zero-order chi connectivity index (χ0) is 24.2. The number of carbonyl (C=O) groups is 1. The molecule has 0 aromatic heterocycles. The first-order chi connectivity index (χ1) is 15.5. The van der Waals surface area contributed by atoms with Gasteiger partial charge in [-0.25, -0.2) is 4.58 Å². The van der Waals surface area contributed by atoms with Crippen LogP contribution in [-0.2, 0) is 28.4 Å². The molecule has 2 aromatic rings. The van der Waals surface area contributed by atoms with E-state index in [1.54, 1.807) is 23.1 Å². The highest BCUT2D eigenvalue weighted by atomic mass is 19.4. The van der Waals surface area contributed by atoms with Crippen molar-refractivity contribution in [1.82, 2.24) is 0 Å². The van der Waals surface area contributed by atoms with Crippen molar-refractivity contribution >= 4 is 17.8 Å². The number of esters is 1. The number of halogens is 6. The number of ether oxygens (including phenoxy) is 1. The lowest BCUT2D eigenvalue weighted by Crippen LogP contribution is -2.10. The molecular formula is C24H20F6NO2+. The quantitative estimate of drug-likeness (QED) is 0.295. The van der Waals surface area contributed by atoms with Crippen LogP contribution in [0.1, 0.15) is 35.1 Å². The van der Waals surface area contributed by atoms with Gasteiger partial charge in [0.25, 0.3) is 0 Å². The Labute approximate surface area is 186 Å². The van der Waals surface area contributed by atoms with Crippen LogP contribution in [0.5, 0.6) is 0 Å². The molecule has 0 amide bonds. The SMILES string of the molecule is COC(=O)CC1=C[N+](Cc2ccc(C(F)(F)F)cc2)=CC(c2ccc(C(F)(F)F)cc2)=CC1. The minimum Gasteiger partial charge on any atom is -0.469 e. The fourth-order valence-electron chi connectivity index (χ4n) is 3.32. The van der Waals surface area contributed by atoms with E-state index in [-0.39, 0.29) is 13.0 Å². The molecule has 0 atom stereocenters. The Hall–Kier alpha value is -3.36. The summed E-state index contributed by atoms with van der Waals surface area (Å²) in [7, 11) is 1.26. The number of hydrogen-bond donors (Lipinski definition) is 0. The number of hydrogen-bond acceptors (Lipinski definition) is 2. The van der Waals surface area contributed by atoms with Gasteiger partial charge in [-0.2, -0.15) is 26.3 Å². The predicted molar refractivity (Wildman–Crippen MR) is 110 cm³/mol. The van der Waals surface area contributed by atoms with E-state index < -0.39 is 29.4 Å². The third kappa shape index (κ3) is 6.57. The number of methoxy groups -OCH3 is 1. The van der Waals surface area contributed by atoms with E-state index in [1.165, 1.54) is 31.4 Å². The van der Waals surface area contributed by atoms with Crippen molar-refractivity contribution in [2.24, 2.45) is 0 Å². The lowest BCUT2D eigenvalue weighted by molar-refractivity contribution is -0.469. The van der Waals surface area contributed by atoms with Gasteiger partial charge in [0.15, 0.2) is 19.0 Å². The molecule has 174 valence electrons. The van der Waals surface area contributed by atoms with Gasteiger partial charge < -0.3 is 4.74 Å². The number of benzene rings is 2. The van der Waals surface area contributed by atoms with Gasteiger partial charge in [-0.05, 0) is 36.2 Å². The second kappa shape index (κ2) is 9.64. The van der Waals surface area contributed by atoms with E-state index in [2.05, 4.69) is 0 Å². The first-order valence-electron chi connectivity index (χ1n) is 9.86. The van der Waals surface area contributed by atoms with Crippen molar-refractivity contribution in [2.75, 3.05) is 7.11 Å². The van der Waals surface area contributed by atoms with Crippen LogP contribution < -0.4 is 0 Å². The van der Waals surface area contributed by atoms with E-state index in [9.17, 15) is 31.1 Å². The number of carbonyl (C=O) groups excluding carboxylic acids is 1. The largest absolute Gasteiger partial charge is 0.469 e. The molecular weight excluding hydrogens is 448 g/mol. The van der Waals surface area contributed by atoms with Gasteiger partial charge in [0.05, 0.1) is 24.7 Å². The molecule has 0 bridgehead atoms. The maximum atomic E-state index is 12.9. The third-order valence-electron chi connectivity index (χ3n) is 5.03. The van der Waals surface area contributed by atoms with Crippen LogP contribution in [-0.4, -0.2) is 23.9 Å². The van der Waals surface area contributed by atoms with Crippen LogP contribution in [0.4, 0.5) is 26.3 Å². The molecule has 0 spiro atoms. The monoisotopic (exact) mass is 468 g/mol. The molecule has 0 saturated heterocycles. The molecule has 1 heterocycles. The van der Waals surface area contributed by atoms with Crippen molar-refractivity contribution in [3.63, 3.8) is 0 Å². The van der Waals surface area contributed by atoms with Gasteiger partial charge in [0.1, 0.15) is 0 Å². The average molecular weight is 468 g/mol. The van der Waals surface area contributed by atoms with Crippen LogP contribution >= 0.6 is 0 Å². The summed E-state index contributed by atoms with van der Waals surface area (Å²) in [6.45, 7) is 0.195. The molecule has 3 nitrogen and oxygen atoms in total. The molecule has 0 aliphatic carbocycles. The second-order valence-electron chi connectivity index (χ2n) is 7.48. The average Bonchev–Trinajstić information content (AvgIpc) is 2.95. The zero-order valence-electron chi connectivity index (χ0n) is 17.5. The summed E-state index contributed by atoms with van der Waals surface area (Å²) in [4.78, 5) is 11.7. The van der Waals surface area contributed by atoms with E-state index in [0.717, 1.165) is 24.3 Å². The first kappa shape index (κ1) is 24.3. The highest BCUT2D eigenvalue weighted by molar-refractivity contribution is 6.07. The van der Waals surface area contributed by atoms with Crippen molar-refractivity contribution < 1.29 is 40.4 Å². The highest BCUT2D eigenvalue weighted by Gasteiger charge is 2.31. The maximum Gasteiger partial charge on any atom is 0.416 e. The smallest absolute Gasteiger partial charge is 0.416 e. The van der Waals surface area contributed by atoms with E-state index in [0.29, 0.717) is 28.7 Å². The Kier molecular flexibility index (Phi) is 7.09. The summed E-state index contributed by atoms with van der Waals surface area (Å²) in [6, 6.07) is 9.36. The molecule has 3 rings (SSSR count). The Bertz CT molecular complexity index is 1090. The van der Waals surface area contributed by atoms with Gasteiger partial charge in [-0.15, -0.1) is 0 Å². The van der Waals surface area contributed by atoms with E-state index in [4.69, 9.17) is 4.74 Å². The summed E-state index contributed by atoms with van der Waals surface area (Å²) in [5.41, 5.74) is 0.887. The van der Waals surface area contributed by atoms with E-state index in [1.807, 2.05) is 0 Å². The molecule has 0 radical (unpaired) electrons. The van der Waals surface area contributed by atoms with Crippen LogP contribution in [0.2, 0.25) is 0 Å². The summed E-state index contributed by atoms with van der Waals surface area (Å²) in [6.07, 6.45) is -3.38. The molecule has 2 aromatic carbocycles. The fourth-order valence-corrected chi connectivity index (χ4v) is 3.32. The number of rotatable bonds is 5. The van der Waals surface area contributed by atoms with E-state index >= 15 is 0 Å². The predicted octanol–water partition coefficient (Wildman–Crippen LogP) is 6.24. The maximum absolute atomic E-state index is 12.9. The van der Waals surface area contributed by atoms with Gasteiger partial charge in [-0.1, -0.05) is 30.3 Å². The number of nitrogens with zero attached hydrogens (tertiary/aromatic N) is 1. The topological polar surface area (TPSA) is 29.3 Å². The highest BCUT2D eigenvalue weighted by Crippen LogP contribution is 2.31. The van der Waals surface area contributed by atoms with Crippen LogP contribution in [0.25, 0.3) is 5.57 Å². The number of alkyl halides is 6. The van der Waals surface area contributed by atoms with Gasteiger partial charge >= 0.3 is 18.3 Å². The van der Waals surface area contributed by atoms with Crippen LogP contribution in [0, 0.1) is 0 Å². The fraction of sp³-hybridized carbons (Fsp3) is 0.250. The molecule has 0 fully saturated rings. The molecule has 1 aliphatic rings. The van der Waals surface area contributed by atoms with Gasteiger partial charge in [0, 0.05) is 16.7 Å². The van der Waals surface area contributed by atoms with Crippen LogP contribution in [0.15, 0.2) is 66.4 Å². The van der Waals surface area contributed by atoms with Crippen molar-refractivity contribution in [3.05, 3.63) is 88.6 Å². The van der Waals surface area contributed by atoms with Gasteiger partial charge in [0.2, 0.25) is 0 Å². The molecule has 1 aliphatic heterocycles. The number of allylic oxidation sites excluding steroid dienone is 2. The minimum absolute atomic E-state index is 0.00461. The Morgan fingerprint density at radius 2 is 1.45 bits per heavy atom. The van der Waals surface area contributed by atoms with Gasteiger partial charge in [-0.3, -0.25) is 4.79 Å². The molecule has 0 N–H and O–H groups in total. The molecule has 0 unspecified atom stereocenters.